The molecule has 0 bridgehead atoms. The molecule has 0 radical (unpaired) electrons. The van der Waals surface area contributed by atoms with Crippen molar-refractivity contribution in [2.75, 3.05) is 12.3 Å². The van der Waals surface area contributed by atoms with Crippen LogP contribution in [0.4, 0.5) is 10.1 Å². The van der Waals surface area contributed by atoms with Gasteiger partial charge in [-0.1, -0.05) is 12.1 Å². The number of anilines is 1. The predicted octanol–water partition coefficient (Wildman–Crippen LogP) is 2.70. The molecule has 0 saturated heterocycles. The summed E-state index contributed by atoms with van der Waals surface area (Å²) < 4.78 is 24.4. The van der Waals surface area contributed by atoms with E-state index in [0.29, 0.717) is 12.2 Å². The zero-order valence-corrected chi connectivity index (χ0v) is 10.7. The van der Waals surface area contributed by atoms with Crippen LogP contribution in [0.25, 0.3) is 0 Å². The zero-order chi connectivity index (χ0) is 13.8. The number of nitrogen functional groups attached to an aromatic ring is 1. The smallest absolute Gasteiger partial charge is 0.249 e. The number of nitrogens with two attached hydrogens (primary N) is 1. The normalized spacial score (nSPS) is 10.3. The molecule has 0 saturated carbocycles. The molecule has 0 atom stereocenters. The summed E-state index contributed by atoms with van der Waals surface area (Å²) in [6.07, 6.45) is 1.25. The number of aromatic nitrogens is 2. The van der Waals surface area contributed by atoms with E-state index >= 15 is 0 Å². The minimum atomic E-state index is -0.446. The van der Waals surface area contributed by atoms with Crippen LogP contribution in [0.3, 0.4) is 0 Å². The Morgan fingerprint density at radius 2 is 2.00 bits per heavy atom. The lowest BCUT2D eigenvalue weighted by molar-refractivity contribution is 0.325. The first-order valence-corrected chi connectivity index (χ1v) is 5.79. The van der Waals surface area contributed by atoms with Gasteiger partial charge >= 0.3 is 0 Å². The van der Waals surface area contributed by atoms with Crippen LogP contribution in [0.1, 0.15) is 12.5 Å². The van der Waals surface area contributed by atoms with E-state index < -0.39 is 5.82 Å². The molecule has 1 aromatic carbocycles. The molecule has 0 amide bonds. The molecule has 100 valence electrons. The Morgan fingerprint density at radius 3 is 2.74 bits per heavy atom. The topological polar surface area (TPSA) is 70.3 Å². The van der Waals surface area contributed by atoms with Crippen molar-refractivity contribution in [3.63, 3.8) is 0 Å². The lowest BCUT2D eigenvalue weighted by atomic mass is 10.2. The summed E-state index contributed by atoms with van der Waals surface area (Å²) in [5, 5.41) is 0. The van der Waals surface area contributed by atoms with Crippen LogP contribution in [0.5, 0.6) is 17.5 Å². The van der Waals surface area contributed by atoms with E-state index in [0.717, 1.165) is 0 Å². The first kappa shape index (κ1) is 13.1. The van der Waals surface area contributed by atoms with Gasteiger partial charge < -0.3 is 15.2 Å². The zero-order valence-electron chi connectivity index (χ0n) is 10.7. The lowest BCUT2D eigenvalue weighted by Crippen LogP contribution is -2.03. The third-order valence-corrected chi connectivity index (χ3v) is 2.45. The van der Waals surface area contributed by atoms with Crippen LogP contribution in [-0.4, -0.2) is 16.6 Å². The highest BCUT2D eigenvalue weighted by Gasteiger charge is 2.14. The molecule has 2 aromatic rings. The minimum absolute atomic E-state index is 0.0628. The Labute approximate surface area is 110 Å². The first-order chi connectivity index (χ1) is 9.13. The number of hydrogen-bond donors (Lipinski definition) is 1. The molecule has 0 aliphatic heterocycles. The van der Waals surface area contributed by atoms with E-state index in [-0.39, 0.29) is 23.2 Å². The van der Waals surface area contributed by atoms with Crippen LogP contribution in [0.15, 0.2) is 24.5 Å². The van der Waals surface area contributed by atoms with Crippen molar-refractivity contribution in [3.8, 4) is 17.5 Å². The molecule has 0 fully saturated rings. The molecule has 2 rings (SSSR count). The lowest BCUT2D eigenvalue weighted by Gasteiger charge is -2.11. The SMILES string of the molecule is CCOc1ncnc(Oc2cccc(C)c2F)c1N. The Bertz CT molecular complexity index is 590. The second-order valence-corrected chi connectivity index (χ2v) is 3.82. The quantitative estimate of drug-likeness (QED) is 0.918. The molecular weight excluding hydrogens is 249 g/mol. The molecule has 0 spiro atoms. The average Bonchev–Trinajstić information content (AvgIpc) is 2.40. The summed E-state index contributed by atoms with van der Waals surface area (Å²) in [5.41, 5.74) is 6.43. The van der Waals surface area contributed by atoms with Gasteiger partial charge in [0.05, 0.1) is 6.61 Å². The van der Waals surface area contributed by atoms with Crippen molar-refractivity contribution >= 4 is 5.69 Å². The Kier molecular flexibility index (Phi) is 3.79. The van der Waals surface area contributed by atoms with Crippen LogP contribution >= 0.6 is 0 Å². The van der Waals surface area contributed by atoms with Gasteiger partial charge in [0.1, 0.15) is 6.33 Å². The van der Waals surface area contributed by atoms with Gasteiger partial charge in [-0.3, -0.25) is 0 Å². The summed E-state index contributed by atoms with van der Waals surface area (Å²) in [7, 11) is 0. The number of aryl methyl sites for hydroxylation is 1. The van der Waals surface area contributed by atoms with Crippen molar-refractivity contribution in [1.29, 1.82) is 0 Å². The molecule has 0 unspecified atom stereocenters. The molecule has 0 aliphatic rings. The number of benzene rings is 1. The second kappa shape index (κ2) is 5.51. The standard InChI is InChI=1S/C13H14FN3O2/c1-3-18-12-11(15)13(17-7-16-12)19-9-6-4-5-8(2)10(9)14/h4-7H,3,15H2,1-2H3. The Balaban J connectivity index is 2.33. The molecule has 6 heteroatoms. The number of nitrogens with zero attached hydrogens (tertiary/aromatic N) is 2. The highest BCUT2D eigenvalue weighted by molar-refractivity contribution is 5.56. The molecular formula is C13H14FN3O2. The maximum Gasteiger partial charge on any atom is 0.249 e. The van der Waals surface area contributed by atoms with Crippen LogP contribution in [0.2, 0.25) is 0 Å². The Morgan fingerprint density at radius 1 is 1.26 bits per heavy atom. The van der Waals surface area contributed by atoms with Gasteiger partial charge in [0.25, 0.3) is 0 Å². The van der Waals surface area contributed by atoms with E-state index in [2.05, 4.69) is 9.97 Å². The van der Waals surface area contributed by atoms with Gasteiger partial charge in [0, 0.05) is 0 Å². The fourth-order valence-corrected chi connectivity index (χ4v) is 1.50. The van der Waals surface area contributed by atoms with Crippen molar-refractivity contribution < 1.29 is 13.9 Å². The van der Waals surface area contributed by atoms with Gasteiger partial charge in [-0.2, -0.15) is 9.97 Å². The Hall–Kier alpha value is -2.37. The van der Waals surface area contributed by atoms with E-state index in [9.17, 15) is 4.39 Å². The van der Waals surface area contributed by atoms with E-state index in [1.165, 1.54) is 12.4 Å². The van der Waals surface area contributed by atoms with Crippen LogP contribution in [-0.2, 0) is 0 Å². The van der Waals surface area contributed by atoms with E-state index in [4.69, 9.17) is 15.2 Å². The highest BCUT2D eigenvalue weighted by Crippen LogP contribution is 2.32. The third-order valence-electron chi connectivity index (χ3n) is 2.45. The highest BCUT2D eigenvalue weighted by atomic mass is 19.1. The molecule has 1 aromatic heterocycles. The van der Waals surface area contributed by atoms with Crippen molar-refractivity contribution in [1.82, 2.24) is 9.97 Å². The second-order valence-electron chi connectivity index (χ2n) is 3.82. The first-order valence-electron chi connectivity index (χ1n) is 5.79. The third kappa shape index (κ3) is 2.73. The molecule has 2 N–H and O–H groups in total. The molecule has 1 heterocycles. The van der Waals surface area contributed by atoms with Crippen molar-refractivity contribution in [3.05, 3.63) is 35.9 Å². The number of ether oxygens (including phenoxy) is 2. The molecule has 5 nitrogen and oxygen atoms in total. The van der Waals surface area contributed by atoms with Gasteiger partial charge in [-0.25, -0.2) is 4.39 Å². The fraction of sp³-hybridized carbons (Fsp3) is 0.231. The van der Waals surface area contributed by atoms with Gasteiger partial charge in [-0.15, -0.1) is 0 Å². The summed E-state index contributed by atoms with van der Waals surface area (Å²) in [6, 6.07) is 4.84. The number of rotatable bonds is 4. The van der Waals surface area contributed by atoms with Gasteiger partial charge in [0.2, 0.25) is 11.8 Å². The molecule has 0 aliphatic carbocycles. The summed E-state index contributed by atoms with van der Waals surface area (Å²) >= 11 is 0. The monoisotopic (exact) mass is 263 g/mol. The van der Waals surface area contributed by atoms with Crippen LogP contribution in [0, 0.1) is 12.7 Å². The predicted molar refractivity (Wildman–Crippen MR) is 68.8 cm³/mol. The van der Waals surface area contributed by atoms with E-state index in [1.54, 1.807) is 19.1 Å². The van der Waals surface area contributed by atoms with E-state index in [1.807, 2.05) is 6.92 Å². The van der Waals surface area contributed by atoms with Gasteiger partial charge in [0.15, 0.2) is 17.3 Å². The molecule has 19 heavy (non-hydrogen) atoms. The van der Waals surface area contributed by atoms with Crippen molar-refractivity contribution in [2.45, 2.75) is 13.8 Å². The number of hydrogen-bond acceptors (Lipinski definition) is 5. The fourth-order valence-electron chi connectivity index (χ4n) is 1.50. The number of halogens is 1. The average molecular weight is 263 g/mol. The summed E-state index contributed by atoms with van der Waals surface area (Å²) in [6.45, 7) is 3.87. The summed E-state index contributed by atoms with van der Waals surface area (Å²) in [5.74, 6) is -0.0881. The summed E-state index contributed by atoms with van der Waals surface area (Å²) in [4.78, 5) is 7.76. The van der Waals surface area contributed by atoms with Crippen molar-refractivity contribution in [2.24, 2.45) is 0 Å². The van der Waals surface area contributed by atoms with Crippen LogP contribution < -0.4 is 15.2 Å². The maximum atomic E-state index is 13.8. The van der Waals surface area contributed by atoms with Gasteiger partial charge in [-0.05, 0) is 25.5 Å². The minimum Gasteiger partial charge on any atom is -0.476 e. The largest absolute Gasteiger partial charge is 0.476 e. The maximum absolute atomic E-state index is 13.8.